The molecule has 21 heavy (non-hydrogen) atoms. The summed E-state index contributed by atoms with van der Waals surface area (Å²) in [5.41, 5.74) is 3.67. The predicted molar refractivity (Wildman–Crippen MR) is 86.9 cm³/mol. The zero-order chi connectivity index (χ0) is 15.2. The first-order chi connectivity index (χ1) is 10.1. The Hall–Kier alpha value is -1.81. The summed E-state index contributed by atoms with van der Waals surface area (Å²) < 4.78 is 7.29. The van der Waals surface area contributed by atoms with Crippen LogP contribution in [0.4, 0.5) is 5.95 Å². The molecule has 0 fully saturated rings. The summed E-state index contributed by atoms with van der Waals surface area (Å²) in [5.74, 6) is 0.930. The molecular weight excluding hydrogens is 262 g/mol. The van der Waals surface area contributed by atoms with E-state index in [-0.39, 0.29) is 6.04 Å². The van der Waals surface area contributed by atoms with Crippen molar-refractivity contribution in [3.8, 4) is 0 Å². The SMILES string of the molecule is COCCCNc1nc(C)cn1C(C)c1ccccc1C. The molecule has 2 rings (SSSR count). The molecule has 1 N–H and O–H groups in total. The van der Waals surface area contributed by atoms with Crippen molar-refractivity contribution in [2.45, 2.75) is 33.2 Å². The molecule has 0 saturated carbocycles. The van der Waals surface area contributed by atoms with E-state index < -0.39 is 0 Å². The van der Waals surface area contributed by atoms with Crippen LogP contribution in [0.15, 0.2) is 30.5 Å². The van der Waals surface area contributed by atoms with Gasteiger partial charge in [-0.15, -0.1) is 0 Å². The van der Waals surface area contributed by atoms with Gasteiger partial charge in [-0.25, -0.2) is 4.98 Å². The van der Waals surface area contributed by atoms with Gasteiger partial charge in [0, 0.05) is 26.5 Å². The van der Waals surface area contributed by atoms with Crippen LogP contribution in [0.25, 0.3) is 0 Å². The Kier molecular flexibility index (Phi) is 5.39. The predicted octanol–water partition coefficient (Wildman–Crippen LogP) is 3.56. The van der Waals surface area contributed by atoms with Crippen molar-refractivity contribution < 1.29 is 4.74 Å². The van der Waals surface area contributed by atoms with E-state index in [0.717, 1.165) is 31.2 Å². The highest BCUT2D eigenvalue weighted by molar-refractivity contribution is 5.35. The van der Waals surface area contributed by atoms with Crippen LogP contribution >= 0.6 is 0 Å². The fourth-order valence-electron chi connectivity index (χ4n) is 2.56. The maximum absolute atomic E-state index is 5.08. The number of rotatable bonds is 7. The quantitative estimate of drug-likeness (QED) is 0.791. The number of aromatic nitrogens is 2. The maximum Gasteiger partial charge on any atom is 0.203 e. The van der Waals surface area contributed by atoms with Gasteiger partial charge in [0.25, 0.3) is 0 Å². The van der Waals surface area contributed by atoms with Crippen LogP contribution in [0.5, 0.6) is 0 Å². The summed E-state index contributed by atoms with van der Waals surface area (Å²) in [6, 6.07) is 8.77. The first-order valence-electron chi connectivity index (χ1n) is 7.47. The molecule has 4 heteroatoms. The van der Waals surface area contributed by atoms with Crippen LogP contribution < -0.4 is 5.32 Å². The number of ether oxygens (including phenoxy) is 1. The van der Waals surface area contributed by atoms with Crippen LogP contribution in [-0.2, 0) is 4.74 Å². The zero-order valence-corrected chi connectivity index (χ0v) is 13.4. The summed E-state index contributed by atoms with van der Waals surface area (Å²) >= 11 is 0. The molecule has 1 atom stereocenters. The normalized spacial score (nSPS) is 12.4. The molecule has 114 valence electrons. The van der Waals surface area contributed by atoms with Crippen LogP contribution in [0.1, 0.15) is 36.2 Å². The highest BCUT2D eigenvalue weighted by atomic mass is 16.5. The zero-order valence-electron chi connectivity index (χ0n) is 13.4. The molecule has 1 aromatic heterocycles. The van der Waals surface area contributed by atoms with Gasteiger partial charge in [0.15, 0.2) is 0 Å². The van der Waals surface area contributed by atoms with Crippen molar-refractivity contribution in [3.05, 3.63) is 47.3 Å². The number of benzene rings is 1. The molecule has 0 aliphatic heterocycles. The van der Waals surface area contributed by atoms with Gasteiger partial charge in [0.1, 0.15) is 0 Å². The third-order valence-electron chi connectivity index (χ3n) is 3.72. The molecule has 0 saturated heterocycles. The summed E-state index contributed by atoms with van der Waals surface area (Å²) in [6.45, 7) is 8.03. The second kappa shape index (κ2) is 7.27. The molecule has 1 heterocycles. The molecule has 1 aromatic carbocycles. The molecule has 0 bridgehead atoms. The average molecular weight is 287 g/mol. The molecule has 0 aliphatic carbocycles. The lowest BCUT2D eigenvalue weighted by atomic mass is 10.0. The van der Waals surface area contributed by atoms with Crippen LogP contribution in [0, 0.1) is 13.8 Å². The Morgan fingerprint density at radius 2 is 2.05 bits per heavy atom. The van der Waals surface area contributed by atoms with E-state index in [1.54, 1.807) is 7.11 Å². The fraction of sp³-hybridized carbons (Fsp3) is 0.471. The van der Waals surface area contributed by atoms with Crippen LogP contribution in [0.3, 0.4) is 0 Å². The van der Waals surface area contributed by atoms with Gasteiger partial charge < -0.3 is 14.6 Å². The van der Waals surface area contributed by atoms with Gasteiger partial charge in [-0.05, 0) is 38.3 Å². The van der Waals surface area contributed by atoms with Gasteiger partial charge in [-0.1, -0.05) is 24.3 Å². The highest BCUT2D eigenvalue weighted by Gasteiger charge is 2.14. The molecule has 4 nitrogen and oxygen atoms in total. The second-order valence-corrected chi connectivity index (χ2v) is 5.42. The summed E-state index contributed by atoms with van der Waals surface area (Å²) in [4.78, 5) is 4.60. The minimum atomic E-state index is 0.261. The van der Waals surface area contributed by atoms with Crippen molar-refractivity contribution >= 4 is 5.95 Å². The highest BCUT2D eigenvalue weighted by Crippen LogP contribution is 2.25. The second-order valence-electron chi connectivity index (χ2n) is 5.42. The van der Waals surface area contributed by atoms with E-state index in [4.69, 9.17) is 4.74 Å². The van der Waals surface area contributed by atoms with E-state index in [9.17, 15) is 0 Å². The first kappa shape index (κ1) is 15.6. The Labute approximate surface area is 127 Å². The van der Waals surface area contributed by atoms with Crippen molar-refractivity contribution in [2.24, 2.45) is 0 Å². The molecule has 0 radical (unpaired) electrons. The van der Waals surface area contributed by atoms with E-state index >= 15 is 0 Å². The molecule has 0 aliphatic rings. The average Bonchev–Trinajstić information content (AvgIpc) is 2.84. The van der Waals surface area contributed by atoms with Crippen molar-refractivity contribution in [1.82, 2.24) is 9.55 Å². The number of hydrogen-bond acceptors (Lipinski definition) is 3. The number of imidazole rings is 1. The van der Waals surface area contributed by atoms with E-state index in [2.05, 4.69) is 59.2 Å². The monoisotopic (exact) mass is 287 g/mol. The Balaban J connectivity index is 2.17. The van der Waals surface area contributed by atoms with Crippen molar-refractivity contribution in [1.29, 1.82) is 0 Å². The summed E-state index contributed by atoms with van der Waals surface area (Å²) in [7, 11) is 1.73. The maximum atomic E-state index is 5.08. The Bertz CT molecular complexity index is 577. The number of anilines is 1. The smallest absolute Gasteiger partial charge is 0.203 e. The number of hydrogen-bond donors (Lipinski definition) is 1. The largest absolute Gasteiger partial charge is 0.385 e. The third kappa shape index (κ3) is 3.85. The fourth-order valence-corrected chi connectivity index (χ4v) is 2.56. The van der Waals surface area contributed by atoms with Gasteiger partial charge in [0.05, 0.1) is 11.7 Å². The van der Waals surface area contributed by atoms with Gasteiger partial charge >= 0.3 is 0 Å². The first-order valence-corrected chi connectivity index (χ1v) is 7.47. The van der Waals surface area contributed by atoms with Crippen LogP contribution in [-0.4, -0.2) is 29.8 Å². The Morgan fingerprint density at radius 3 is 2.76 bits per heavy atom. The summed E-state index contributed by atoms with van der Waals surface area (Å²) in [5, 5.41) is 3.41. The summed E-state index contributed by atoms with van der Waals surface area (Å²) in [6.07, 6.45) is 3.08. The number of aryl methyl sites for hydroxylation is 2. The number of nitrogens with zero attached hydrogens (tertiary/aromatic N) is 2. The van der Waals surface area contributed by atoms with Crippen molar-refractivity contribution in [3.63, 3.8) is 0 Å². The lowest BCUT2D eigenvalue weighted by Crippen LogP contribution is -2.14. The lowest BCUT2D eigenvalue weighted by molar-refractivity contribution is 0.197. The number of nitrogens with one attached hydrogen (secondary N) is 1. The number of methoxy groups -OCH3 is 1. The molecule has 0 spiro atoms. The van der Waals surface area contributed by atoms with E-state index in [1.165, 1.54) is 11.1 Å². The minimum absolute atomic E-state index is 0.261. The van der Waals surface area contributed by atoms with Gasteiger partial charge in [-0.2, -0.15) is 0 Å². The molecule has 0 amide bonds. The third-order valence-corrected chi connectivity index (χ3v) is 3.72. The van der Waals surface area contributed by atoms with E-state index in [1.807, 2.05) is 6.92 Å². The standard InChI is InChI=1S/C17H25N3O/c1-13-8-5-6-9-16(13)15(3)20-12-14(2)19-17(20)18-10-7-11-21-4/h5-6,8-9,12,15H,7,10-11H2,1-4H3,(H,18,19). The lowest BCUT2D eigenvalue weighted by Gasteiger charge is -2.19. The molecular formula is C17H25N3O. The van der Waals surface area contributed by atoms with E-state index in [0.29, 0.717) is 0 Å². The molecule has 1 unspecified atom stereocenters. The molecule has 2 aromatic rings. The van der Waals surface area contributed by atoms with Crippen LogP contribution in [0.2, 0.25) is 0 Å². The van der Waals surface area contributed by atoms with Crippen molar-refractivity contribution in [2.75, 3.05) is 25.6 Å². The van der Waals surface area contributed by atoms with Gasteiger partial charge in [-0.3, -0.25) is 0 Å². The Morgan fingerprint density at radius 1 is 1.29 bits per heavy atom. The minimum Gasteiger partial charge on any atom is -0.385 e. The topological polar surface area (TPSA) is 39.1 Å². The van der Waals surface area contributed by atoms with Gasteiger partial charge in [0.2, 0.25) is 5.95 Å².